The van der Waals surface area contributed by atoms with Crippen LogP contribution >= 0.6 is 0 Å². The zero-order chi connectivity index (χ0) is 41.6. The van der Waals surface area contributed by atoms with Gasteiger partial charge in [-0.2, -0.15) is 0 Å². The molecule has 0 spiro atoms. The van der Waals surface area contributed by atoms with Gasteiger partial charge in [0.15, 0.2) is 0 Å². The molecule has 4 nitrogen and oxygen atoms in total. The van der Waals surface area contributed by atoms with Crippen LogP contribution in [0.15, 0.2) is 222 Å². The molecule has 62 heavy (non-hydrogen) atoms. The molecular formula is C58H43N3O. The monoisotopic (exact) mass is 797 g/mol. The van der Waals surface area contributed by atoms with Crippen molar-refractivity contribution in [3.8, 4) is 33.4 Å². The highest BCUT2D eigenvalue weighted by Gasteiger charge is 2.17. The Morgan fingerprint density at radius 1 is 0.468 bits per heavy atom. The Labute approximate surface area is 360 Å². The van der Waals surface area contributed by atoms with Gasteiger partial charge in [-0.3, -0.25) is 4.99 Å². The van der Waals surface area contributed by atoms with E-state index in [1.54, 1.807) is 0 Å². The molecule has 4 heteroatoms. The van der Waals surface area contributed by atoms with Crippen LogP contribution in [0.25, 0.3) is 87.6 Å². The van der Waals surface area contributed by atoms with Crippen molar-refractivity contribution in [2.75, 3.05) is 0 Å². The van der Waals surface area contributed by atoms with Gasteiger partial charge >= 0.3 is 0 Å². The maximum absolute atomic E-state index is 7.07. The highest BCUT2D eigenvalue weighted by atomic mass is 16.3. The Balaban J connectivity index is 0.905. The van der Waals surface area contributed by atoms with Gasteiger partial charge in [-0.05, 0) is 121 Å². The van der Waals surface area contributed by atoms with Gasteiger partial charge in [0.05, 0.1) is 6.04 Å². The fourth-order valence-corrected chi connectivity index (χ4v) is 8.95. The van der Waals surface area contributed by atoms with Gasteiger partial charge in [0.2, 0.25) is 0 Å². The molecule has 2 unspecified atom stereocenters. The summed E-state index contributed by atoms with van der Waals surface area (Å²) in [5, 5.41) is 13.0. The molecule has 0 fully saturated rings. The minimum atomic E-state index is -0.511. The van der Waals surface area contributed by atoms with E-state index in [2.05, 4.69) is 225 Å². The van der Waals surface area contributed by atoms with Crippen LogP contribution in [-0.4, -0.2) is 5.84 Å². The zero-order valence-electron chi connectivity index (χ0n) is 34.3. The average molecular weight is 798 g/mol. The second-order valence-electron chi connectivity index (χ2n) is 16.2. The van der Waals surface area contributed by atoms with Gasteiger partial charge in [-0.25, -0.2) is 0 Å². The second-order valence-corrected chi connectivity index (χ2v) is 16.2. The van der Waals surface area contributed by atoms with Crippen LogP contribution in [-0.2, 0) is 0 Å². The summed E-state index contributed by atoms with van der Waals surface area (Å²) in [6, 6.07) is 75.0. The van der Waals surface area contributed by atoms with Gasteiger partial charge in [0.25, 0.3) is 0 Å². The van der Waals surface area contributed by atoms with E-state index in [4.69, 9.17) is 15.1 Å². The number of aliphatic imine (C=N–C) groups is 1. The Morgan fingerprint density at radius 3 is 1.81 bits per heavy atom. The largest absolute Gasteiger partial charge is 0.455 e. The first-order valence-electron chi connectivity index (χ1n) is 21.2. The Kier molecular flexibility index (Phi) is 9.41. The molecule has 0 radical (unpaired) electrons. The van der Waals surface area contributed by atoms with Gasteiger partial charge in [-0.15, -0.1) is 0 Å². The molecule has 0 aliphatic carbocycles. The van der Waals surface area contributed by atoms with Crippen LogP contribution in [0.2, 0.25) is 0 Å². The van der Waals surface area contributed by atoms with E-state index in [9.17, 15) is 0 Å². The third kappa shape index (κ3) is 6.96. The molecule has 11 rings (SSSR count). The second kappa shape index (κ2) is 15.7. The standard InChI is InChI=1S/C58H43N3O/c1-37(41-28-26-38-12-2-4-15-42(38)32-41)60-58(50-29-27-39-13-3-5-16-43(39)36-50)61-57(59)49-22-10-20-47(35-49)45-18-8-17-44(33-45)46-19-9-21-48(34-46)51-24-11-25-54-55(51)53-31-30-40-14-6-7-23-52(40)56(53)62-54/h2-37,57H,59H2,1H3,(H,60,61). The van der Waals surface area contributed by atoms with Gasteiger partial charge in [-0.1, -0.05) is 170 Å². The van der Waals surface area contributed by atoms with Crippen LogP contribution in [0.4, 0.5) is 0 Å². The molecule has 1 heterocycles. The predicted molar refractivity (Wildman–Crippen MR) is 260 cm³/mol. The SMILES string of the molecule is CC(/N=C(\NC(N)c1cccc(-c2cccc(-c3cccc(-c4cccc5oc6c7ccccc7ccc6c45)c3)c2)c1)c1ccc2ccccc2c1)c1ccc2ccccc2c1. The van der Waals surface area contributed by atoms with Crippen molar-refractivity contribution in [1.82, 2.24) is 5.32 Å². The number of benzene rings is 10. The fourth-order valence-electron chi connectivity index (χ4n) is 8.95. The molecular weight excluding hydrogens is 755 g/mol. The van der Waals surface area contributed by atoms with E-state index < -0.39 is 6.17 Å². The molecule has 1 aromatic heterocycles. The van der Waals surface area contributed by atoms with Crippen molar-refractivity contribution in [3.05, 3.63) is 229 Å². The molecule has 296 valence electrons. The summed E-state index contributed by atoms with van der Waals surface area (Å²) in [6.07, 6.45) is -0.511. The normalized spacial score (nSPS) is 13.0. The van der Waals surface area contributed by atoms with Crippen molar-refractivity contribution in [2.24, 2.45) is 10.7 Å². The number of furan rings is 1. The Hall–Kier alpha value is -7.79. The zero-order valence-corrected chi connectivity index (χ0v) is 34.3. The first kappa shape index (κ1) is 37.2. The van der Waals surface area contributed by atoms with Crippen molar-refractivity contribution in [2.45, 2.75) is 19.1 Å². The summed E-state index contributed by atoms with van der Waals surface area (Å²) >= 11 is 0. The van der Waals surface area contributed by atoms with E-state index in [1.165, 1.54) is 21.5 Å². The molecule has 0 amide bonds. The summed E-state index contributed by atoms with van der Waals surface area (Å²) in [5.74, 6) is 0.753. The molecule has 2 atom stereocenters. The van der Waals surface area contributed by atoms with Crippen LogP contribution < -0.4 is 11.1 Å². The van der Waals surface area contributed by atoms with Gasteiger partial charge < -0.3 is 15.5 Å². The number of nitrogens with zero attached hydrogens (tertiary/aromatic N) is 1. The van der Waals surface area contributed by atoms with Crippen LogP contribution in [0.1, 0.15) is 35.8 Å². The van der Waals surface area contributed by atoms with Gasteiger partial charge in [0, 0.05) is 21.7 Å². The Bertz CT molecular complexity index is 3510. The lowest BCUT2D eigenvalue weighted by molar-refractivity contribution is 0.672. The number of rotatable bonds is 8. The number of fused-ring (bicyclic) bond motifs is 7. The van der Waals surface area contributed by atoms with Crippen LogP contribution in [0, 0.1) is 0 Å². The molecule has 10 aromatic carbocycles. The fraction of sp³-hybridized carbons (Fsp3) is 0.0517. The quantitative estimate of drug-likeness (QED) is 0.0914. The van der Waals surface area contributed by atoms with Crippen LogP contribution in [0.5, 0.6) is 0 Å². The van der Waals surface area contributed by atoms with E-state index >= 15 is 0 Å². The first-order valence-corrected chi connectivity index (χ1v) is 21.2. The lowest BCUT2D eigenvalue weighted by Crippen LogP contribution is -2.35. The number of hydrogen-bond acceptors (Lipinski definition) is 3. The summed E-state index contributed by atoms with van der Waals surface area (Å²) in [7, 11) is 0. The predicted octanol–water partition coefficient (Wildman–Crippen LogP) is 14.8. The lowest BCUT2D eigenvalue weighted by atomic mass is 9.94. The third-order valence-corrected chi connectivity index (χ3v) is 12.2. The summed E-state index contributed by atoms with van der Waals surface area (Å²) in [5.41, 5.74) is 18.8. The van der Waals surface area contributed by atoms with Gasteiger partial charge in [0.1, 0.15) is 23.2 Å². The van der Waals surface area contributed by atoms with E-state index in [-0.39, 0.29) is 6.04 Å². The minimum Gasteiger partial charge on any atom is -0.455 e. The molecule has 0 saturated heterocycles. The van der Waals surface area contributed by atoms with Crippen molar-refractivity contribution in [1.29, 1.82) is 0 Å². The lowest BCUT2D eigenvalue weighted by Gasteiger charge is -2.21. The van der Waals surface area contributed by atoms with Crippen molar-refractivity contribution in [3.63, 3.8) is 0 Å². The van der Waals surface area contributed by atoms with E-state index in [1.807, 2.05) is 0 Å². The first-order chi connectivity index (χ1) is 30.5. The summed E-state index contributed by atoms with van der Waals surface area (Å²) in [4.78, 5) is 5.31. The molecule has 0 aliphatic rings. The molecule has 3 N–H and O–H groups in total. The van der Waals surface area contributed by atoms with E-state index in [0.29, 0.717) is 0 Å². The number of nitrogens with one attached hydrogen (secondary N) is 1. The van der Waals surface area contributed by atoms with Crippen LogP contribution in [0.3, 0.4) is 0 Å². The minimum absolute atomic E-state index is 0.111. The van der Waals surface area contributed by atoms with E-state index in [0.717, 1.165) is 88.6 Å². The maximum atomic E-state index is 7.07. The smallest absolute Gasteiger partial charge is 0.143 e. The van der Waals surface area contributed by atoms with Crippen molar-refractivity contribution < 1.29 is 4.42 Å². The summed E-state index contributed by atoms with van der Waals surface area (Å²) < 4.78 is 6.52. The Morgan fingerprint density at radius 2 is 1.05 bits per heavy atom. The third-order valence-electron chi connectivity index (χ3n) is 12.2. The molecule has 11 aromatic rings. The topological polar surface area (TPSA) is 63.5 Å². The summed E-state index contributed by atoms with van der Waals surface area (Å²) in [6.45, 7) is 2.14. The highest BCUT2D eigenvalue weighted by Crippen LogP contribution is 2.40. The molecule has 0 bridgehead atoms. The molecule has 0 aliphatic heterocycles. The number of nitrogens with two attached hydrogens (primary N) is 1. The molecule has 0 saturated carbocycles. The number of amidine groups is 1. The average Bonchev–Trinajstić information content (AvgIpc) is 3.73. The number of hydrogen-bond donors (Lipinski definition) is 2. The highest BCUT2D eigenvalue weighted by molar-refractivity contribution is 6.19. The maximum Gasteiger partial charge on any atom is 0.143 e. The van der Waals surface area contributed by atoms with Crippen molar-refractivity contribution >= 4 is 60.1 Å².